The van der Waals surface area contributed by atoms with Gasteiger partial charge in [-0.25, -0.2) is 9.98 Å². The molecule has 3 N–H and O–H groups in total. The van der Waals surface area contributed by atoms with E-state index in [4.69, 9.17) is 10.2 Å². The lowest BCUT2D eigenvalue weighted by atomic mass is 10.1. The average Bonchev–Trinajstić information content (AvgIpc) is 3.06. The van der Waals surface area contributed by atoms with Crippen molar-refractivity contribution in [3.8, 4) is 11.3 Å². The topological polar surface area (TPSA) is 76.4 Å². The highest BCUT2D eigenvalue weighted by atomic mass is 127. The minimum Gasteiger partial charge on any atom is -0.439 e. The molecule has 6 heteroatoms. The quantitative estimate of drug-likeness (QED) is 0.332. The smallest absolute Gasteiger partial charge is 0.216 e. The number of aromatic nitrogens is 1. The van der Waals surface area contributed by atoms with Gasteiger partial charge >= 0.3 is 0 Å². The Morgan fingerprint density at radius 1 is 1.08 bits per heavy atom. The van der Waals surface area contributed by atoms with Crippen LogP contribution >= 0.6 is 24.0 Å². The van der Waals surface area contributed by atoms with Crippen molar-refractivity contribution in [3.05, 3.63) is 71.2 Å². The van der Waals surface area contributed by atoms with E-state index in [9.17, 15) is 0 Å². The van der Waals surface area contributed by atoms with Gasteiger partial charge in [0.15, 0.2) is 11.7 Å². The number of nitrogens with one attached hydrogen (secondary N) is 1. The fourth-order valence-corrected chi connectivity index (χ4v) is 2.39. The first-order valence-electron chi connectivity index (χ1n) is 8.17. The Bertz CT molecular complexity index is 900. The third-order valence-corrected chi connectivity index (χ3v) is 4.05. The van der Waals surface area contributed by atoms with Crippen LogP contribution in [0.3, 0.4) is 0 Å². The van der Waals surface area contributed by atoms with Crippen LogP contribution in [0.5, 0.6) is 0 Å². The summed E-state index contributed by atoms with van der Waals surface area (Å²) in [6, 6.07) is 14.2. The normalized spacial score (nSPS) is 11.1. The minimum atomic E-state index is 0. The molecule has 0 unspecified atom stereocenters. The summed E-state index contributed by atoms with van der Waals surface area (Å²) in [5, 5.41) is 3.08. The molecule has 0 aliphatic rings. The molecule has 5 nitrogen and oxygen atoms in total. The number of halogens is 1. The zero-order valence-electron chi connectivity index (χ0n) is 15.1. The van der Waals surface area contributed by atoms with Crippen molar-refractivity contribution in [3.63, 3.8) is 0 Å². The first kappa shape index (κ1) is 20.0. The number of nitrogens with zero attached hydrogens (tertiary/aromatic N) is 2. The van der Waals surface area contributed by atoms with E-state index in [-0.39, 0.29) is 30.5 Å². The maximum absolute atomic E-state index is 5.95. The van der Waals surface area contributed by atoms with Gasteiger partial charge in [0.25, 0.3) is 0 Å². The van der Waals surface area contributed by atoms with Crippen LogP contribution in [-0.4, -0.2) is 10.9 Å². The third kappa shape index (κ3) is 5.08. The molecule has 1 heterocycles. The van der Waals surface area contributed by atoms with Crippen LogP contribution in [0.2, 0.25) is 0 Å². The van der Waals surface area contributed by atoms with Crippen LogP contribution < -0.4 is 11.1 Å². The van der Waals surface area contributed by atoms with Crippen LogP contribution in [0.25, 0.3) is 11.3 Å². The average molecular weight is 462 g/mol. The second-order valence-electron chi connectivity index (χ2n) is 6.11. The summed E-state index contributed by atoms with van der Waals surface area (Å²) in [6.07, 6.45) is 1.71. The van der Waals surface area contributed by atoms with Crippen molar-refractivity contribution in [2.75, 3.05) is 5.32 Å². The van der Waals surface area contributed by atoms with E-state index in [0.29, 0.717) is 11.9 Å². The lowest BCUT2D eigenvalue weighted by Gasteiger charge is -2.07. The maximum atomic E-state index is 5.95. The summed E-state index contributed by atoms with van der Waals surface area (Å²) >= 11 is 0. The van der Waals surface area contributed by atoms with E-state index in [1.165, 1.54) is 16.7 Å². The van der Waals surface area contributed by atoms with Gasteiger partial charge in [0.1, 0.15) is 6.54 Å². The van der Waals surface area contributed by atoms with Gasteiger partial charge in [0.2, 0.25) is 5.89 Å². The summed E-state index contributed by atoms with van der Waals surface area (Å²) in [4.78, 5) is 8.55. The van der Waals surface area contributed by atoms with Crippen molar-refractivity contribution in [2.24, 2.45) is 10.7 Å². The molecule has 26 heavy (non-hydrogen) atoms. The maximum Gasteiger partial charge on any atom is 0.216 e. The molecular weight excluding hydrogens is 439 g/mol. The van der Waals surface area contributed by atoms with Crippen LogP contribution in [0.1, 0.15) is 22.6 Å². The second-order valence-corrected chi connectivity index (χ2v) is 6.11. The Labute approximate surface area is 170 Å². The molecule has 1 aromatic heterocycles. The highest BCUT2D eigenvalue weighted by molar-refractivity contribution is 14.0. The number of anilines is 1. The third-order valence-electron chi connectivity index (χ3n) is 4.05. The van der Waals surface area contributed by atoms with E-state index in [0.717, 1.165) is 17.0 Å². The van der Waals surface area contributed by atoms with Crippen molar-refractivity contribution < 1.29 is 4.42 Å². The van der Waals surface area contributed by atoms with Crippen LogP contribution in [0, 0.1) is 20.8 Å². The first-order chi connectivity index (χ1) is 12.0. The van der Waals surface area contributed by atoms with Gasteiger partial charge in [-0.3, -0.25) is 0 Å². The van der Waals surface area contributed by atoms with Crippen molar-refractivity contribution in [1.29, 1.82) is 0 Å². The Morgan fingerprint density at radius 3 is 2.50 bits per heavy atom. The summed E-state index contributed by atoms with van der Waals surface area (Å²) in [5.74, 6) is 1.59. The summed E-state index contributed by atoms with van der Waals surface area (Å²) in [7, 11) is 0. The number of benzene rings is 2. The Morgan fingerprint density at radius 2 is 1.81 bits per heavy atom. The number of aryl methyl sites for hydroxylation is 3. The van der Waals surface area contributed by atoms with Gasteiger partial charge in [0.05, 0.1) is 6.20 Å². The van der Waals surface area contributed by atoms with Crippen LogP contribution in [-0.2, 0) is 6.54 Å². The molecule has 0 radical (unpaired) electrons. The van der Waals surface area contributed by atoms with Gasteiger partial charge < -0.3 is 15.5 Å². The molecular formula is C20H23IN4O. The van der Waals surface area contributed by atoms with Crippen molar-refractivity contribution >= 4 is 35.6 Å². The number of oxazole rings is 1. The standard InChI is InChI=1S/C20H22N4O.HI/c1-13-4-7-16(8-5-13)18-11-22-19(25-18)12-23-20(21)24-17-9-6-14(2)15(3)10-17;/h4-11H,12H2,1-3H3,(H3,21,23,24);1H. The van der Waals surface area contributed by atoms with E-state index >= 15 is 0 Å². The molecule has 0 aliphatic heterocycles. The van der Waals surface area contributed by atoms with E-state index in [1.807, 2.05) is 42.5 Å². The number of guanidine groups is 1. The molecule has 3 rings (SSSR count). The van der Waals surface area contributed by atoms with Crippen LogP contribution in [0.4, 0.5) is 5.69 Å². The zero-order chi connectivity index (χ0) is 17.8. The molecule has 136 valence electrons. The molecule has 0 fully saturated rings. The number of hydrogen-bond donors (Lipinski definition) is 2. The number of nitrogens with two attached hydrogens (primary N) is 1. The zero-order valence-corrected chi connectivity index (χ0v) is 17.4. The Hall–Kier alpha value is -2.35. The van der Waals surface area contributed by atoms with Gasteiger partial charge in [0, 0.05) is 11.3 Å². The molecule has 0 saturated carbocycles. The summed E-state index contributed by atoms with van der Waals surface area (Å²) < 4.78 is 5.74. The summed E-state index contributed by atoms with van der Waals surface area (Å²) in [5.41, 5.74) is 11.5. The van der Waals surface area contributed by atoms with E-state index in [1.54, 1.807) is 6.20 Å². The minimum absolute atomic E-state index is 0. The molecule has 0 saturated heterocycles. The Kier molecular flexibility index (Phi) is 6.79. The van der Waals surface area contributed by atoms with Gasteiger partial charge in [-0.2, -0.15) is 0 Å². The predicted molar refractivity (Wildman–Crippen MR) is 117 cm³/mol. The highest BCUT2D eigenvalue weighted by Gasteiger charge is 2.06. The van der Waals surface area contributed by atoms with Crippen molar-refractivity contribution in [1.82, 2.24) is 4.98 Å². The lowest BCUT2D eigenvalue weighted by molar-refractivity contribution is 0.510. The van der Waals surface area contributed by atoms with Gasteiger partial charge in [-0.15, -0.1) is 24.0 Å². The Balaban J connectivity index is 0.00000243. The van der Waals surface area contributed by atoms with E-state index < -0.39 is 0 Å². The van der Waals surface area contributed by atoms with Gasteiger partial charge in [-0.1, -0.05) is 35.9 Å². The molecule has 0 bridgehead atoms. The SMILES string of the molecule is Cc1ccc(-c2cnc(CN=C(N)Nc3ccc(C)c(C)c3)o2)cc1.I. The fourth-order valence-electron chi connectivity index (χ4n) is 2.39. The highest BCUT2D eigenvalue weighted by Crippen LogP contribution is 2.21. The molecule has 0 spiro atoms. The largest absolute Gasteiger partial charge is 0.439 e. The number of aliphatic imine (C=N–C) groups is 1. The summed E-state index contributed by atoms with van der Waals surface area (Å²) in [6.45, 7) is 6.48. The molecule has 0 amide bonds. The monoisotopic (exact) mass is 462 g/mol. The van der Waals surface area contributed by atoms with Gasteiger partial charge in [-0.05, 0) is 44.0 Å². The van der Waals surface area contributed by atoms with E-state index in [2.05, 4.69) is 36.1 Å². The fraction of sp³-hybridized carbons (Fsp3) is 0.200. The number of rotatable bonds is 4. The first-order valence-corrected chi connectivity index (χ1v) is 8.17. The van der Waals surface area contributed by atoms with Crippen molar-refractivity contribution in [2.45, 2.75) is 27.3 Å². The second kappa shape index (κ2) is 8.84. The molecule has 0 atom stereocenters. The molecule has 2 aromatic carbocycles. The van der Waals surface area contributed by atoms with Crippen LogP contribution in [0.15, 0.2) is 58.1 Å². The number of hydrogen-bond acceptors (Lipinski definition) is 3. The molecule has 3 aromatic rings. The predicted octanol–water partition coefficient (Wildman–Crippen LogP) is 4.81. The lowest BCUT2D eigenvalue weighted by Crippen LogP contribution is -2.22. The molecule has 0 aliphatic carbocycles.